The third-order valence-corrected chi connectivity index (χ3v) is 5.84. The Hall–Kier alpha value is -3.71. The number of anilines is 2. The van der Waals surface area contributed by atoms with Crippen molar-refractivity contribution < 1.29 is 19.1 Å². The minimum absolute atomic E-state index is 0.108. The van der Waals surface area contributed by atoms with Gasteiger partial charge in [0.1, 0.15) is 11.5 Å². The zero-order valence-corrected chi connectivity index (χ0v) is 19.6. The van der Waals surface area contributed by atoms with Gasteiger partial charge in [-0.2, -0.15) is 0 Å². The van der Waals surface area contributed by atoms with E-state index in [1.54, 1.807) is 42.5 Å². The first-order chi connectivity index (χ1) is 16.5. The lowest BCUT2D eigenvalue weighted by Gasteiger charge is -2.36. The zero-order valence-electron chi connectivity index (χ0n) is 18.9. The van der Waals surface area contributed by atoms with Crippen LogP contribution in [0.4, 0.5) is 11.4 Å². The number of piperazine rings is 1. The smallest absolute Gasteiger partial charge is 0.262 e. The molecule has 0 aromatic heterocycles. The molecule has 34 heavy (non-hydrogen) atoms. The van der Waals surface area contributed by atoms with E-state index in [-0.39, 0.29) is 18.4 Å². The van der Waals surface area contributed by atoms with Gasteiger partial charge in [-0.15, -0.1) is 0 Å². The van der Waals surface area contributed by atoms with Gasteiger partial charge in [0, 0.05) is 43.0 Å². The third-order valence-electron chi connectivity index (χ3n) is 5.60. The first-order valence-electron chi connectivity index (χ1n) is 11.0. The fourth-order valence-electron chi connectivity index (χ4n) is 3.84. The lowest BCUT2D eigenvalue weighted by molar-refractivity contribution is -0.118. The molecule has 1 fully saturated rings. The topological polar surface area (TPSA) is 71.1 Å². The van der Waals surface area contributed by atoms with Crippen LogP contribution in [0, 0.1) is 0 Å². The van der Waals surface area contributed by atoms with Gasteiger partial charge in [0.2, 0.25) is 0 Å². The maximum Gasteiger partial charge on any atom is 0.262 e. The molecule has 8 heteroatoms. The highest BCUT2D eigenvalue weighted by Crippen LogP contribution is 2.28. The number of para-hydroxylation sites is 2. The number of ether oxygens (including phenoxy) is 2. The first kappa shape index (κ1) is 23.4. The Bertz CT molecular complexity index is 1150. The number of carbonyl (C=O) groups is 2. The number of nitrogens with one attached hydrogen (secondary N) is 1. The Labute approximate surface area is 203 Å². The summed E-state index contributed by atoms with van der Waals surface area (Å²) in [6, 6.07) is 22.1. The van der Waals surface area contributed by atoms with Crippen LogP contribution < -0.4 is 19.7 Å². The summed E-state index contributed by atoms with van der Waals surface area (Å²) in [7, 11) is 1.50. The third kappa shape index (κ3) is 5.61. The van der Waals surface area contributed by atoms with E-state index in [1.807, 2.05) is 23.1 Å². The molecule has 0 atom stereocenters. The van der Waals surface area contributed by atoms with E-state index < -0.39 is 0 Å². The van der Waals surface area contributed by atoms with E-state index in [0.717, 1.165) is 18.8 Å². The molecule has 0 aliphatic carbocycles. The molecule has 3 aromatic rings. The van der Waals surface area contributed by atoms with Crippen molar-refractivity contribution in [3.05, 3.63) is 83.4 Å². The Morgan fingerprint density at radius 2 is 1.62 bits per heavy atom. The molecule has 7 nitrogen and oxygen atoms in total. The molecule has 0 bridgehead atoms. The summed E-state index contributed by atoms with van der Waals surface area (Å²) >= 11 is 5.97. The fraction of sp³-hybridized carbons (Fsp3) is 0.231. The minimum atomic E-state index is -0.376. The van der Waals surface area contributed by atoms with Crippen molar-refractivity contribution in [1.82, 2.24) is 4.90 Å². The number of hydrogen-bond donors (Lipinski definition) is 1. The van der Waals surface area contributed by atoms with E-state index in [4.69, 9.17) is 21.1 Å². The molecule has 176 valence electrons. The van der Waals surface area contributed by atoms with E-state index in [2.05, 4.69) is 22.3 Å². The number of benzene rings is 3. The Morgan fingerprint density at radius 1 is 0.912 bits per heavy atom. The minimum Gasteiger partial charge on any atom is -0.495 e. The van der Waals surface area contributed by atoms with Crippen LogP contribution >= 0.6 is 11.6 Å². The van der Waals surface area contributed by atoms with Gasteiger partial charge in [-0.05, 0) is 36.4 Å². The van der Waals surface area contributed by atoms with Gasteiger partial charge in [0.25, 0.3) is 11.8 Å². The standard InChI is InChI=1S/C26H26ClN3O4/c1-33-24-17-19(27)11-12-22(24)28-25(31)18-34-23-10-6-5-9-21(23)26(32)30-15-13-29(14-16-30)20-7-3-2-4-8-20/h2-12,17H,13-16,18H2,1H3,(H,28,31). The number of hydrogen-bond acceptors (Lipinski definition) is 5. The molecule has 1 aliphatic heterocycles. The molecular formula is C26H26ClN3O4. The number of methoxy groups -OCH3 is 1. The summed E-state index contributed by atoms with van der Waals surface area (Å²) in [5.74, 6) is 0.338. The van der Waals surface area contributed by atoms with Crippen LogP contribution in [0.5, 0.6) is 11.5 Å². The summed E-state index contributed by atoms with van der Waals surface area (Å²) in [5, 5.41) is 3.25. The molecule has 0 saturated carbocycles. The van der Waals surface area contributed by atoms with Gasteiger partial charge in [-0.1, -0.05) is 41.9 Å². The maximum atomic E-state index is 13.2. The van der Waals surface area contributed by atoms with Crippen molar-refractivity contribution in [2.24, 2.45) is 0 Å². The largest absolute Gasteiger partial charge is 0.495 e. The second kappa shape index (κ2) is 10.9. The molecule has 1 aliphatic rings. The maximum absolute atomic E-state index is 13.2. The highest BCUT2D eigenvalue weighted by atomic mass is 35.5. The summed E-state index contributed by atoms with van der Waals surface area (Å²) in [6.07, 6.45) is 0. The summed E-state index contributed by atoms with van der Waals surface area (Å²) in [5.41, 5.74) is 2.08. The second-order valence-electron chi connectivity index (χ2n) is 7.79. The molecule has 1 heterocycles. The normalized spacial score (nSPS) is 13.4. The zero-order chi connectivity index (χ0) is 23.9. The van der Waals surface area contributed by atoms with E-state index in [0.29, 0.717) is 40.9 Å². The lowest BCUT2D eigenvalue weighted by atomic mass is 10.1. The van der Waals surface area contributed by atoms with Gasteiger partial charge in [0.05, 0.1) is 18.4 Å². The molecule has 0 radical (unpaired) electrons. The van der Waals surface area contributed by atoms with Gasteiger partial charge in [0.15, 0.2) is 6.61 Å². The molecule has 1 N–H and O–H groups in total. The molecule has 2 amide bonds. The number of rotatable bonds is 7. The number of halogens is 1. The monoisotopic (exact) mass is 479 g/mol. The van der Waals surface area contributed by atoms with Crippen molar-refractivity contribution >= 4 is 34.8 Å². The van der Waals surface area contributed by atoms with Crippen molar-refractivity contribution in [1.29, 1.82) is 0 Å². The number of nitrogens with zero attached hydrogens (tertiary/aromatic N) is 2. The van der Waals surface area contributed by atoms with E-state index >= 15 is 0 Å². The van der Waals surface area contributed by atoms with Crippen LogP contribution in [0.1, 0.15) is 10.4 Å². The van der Waals surface area contributed by atoms with Crippen LogP contribution in [0.2, 0.25) is 5.02 Å². The number of amides is 2. The summed E-state index contributed by atoms with van der Waals surface area (Å²) < 4.78 is 11.0. The van der Waals surface area contributed by atoms with Crippen LogP contribution in [0.25, 0.3) is 0 Å². The number of carbonyl (C=O) groups excluding carboxylic acids is 2. The van der Waals surface area contributed by atoms with Crippen LogP contribution in [-0.2, 0) is 4.79 Å². The fourth-order valence-corrected chi connectivity index (χ4v) is 4.01. The lowest BCUT2D eigenvalue weighted by Crippen LogP contribution is -2.48. The Morgan fingerprint density at radius 3 is 2.35 bits per heavy atom. The molecular weight excluding hydrogens is 454 g/mol. The van der Waals surface area contributed by atoms with Crippen molar-refractivity contribution in [3.63, 3.8) is 0 Å². The summed E-state index contributed by atoms with van der Waals surface area (Å²) in [6.45, 7) is 2.48. The van der Waals surface area contributed by atoms with E-state index in [9.17, 15) is 9.59 Å². The Balaban J connectivity index is 1.36. The van der Waals surface area contributed by atoms with Gasteiger partial charge >= 0.3 is 0 Å². The average Bonchev–Trinajstić information content (AvgIpc) is 2.89. The van der Waals surface area contributed by atoms with Crippen molar-refractivity contribution in [2.75, 3.05) is 50.1 Å². The van der Waals surface area contributed by atoms with Gasteiger partial charge < -0.3 is 24.6 Å². The van der Waals surface area contributed by atoms with E-state index in [1.165, 1.54) is 7.11 Å². The predicted molar refractivity (Wildman–Crippen MR) is 133 cm³/mol. The highest BCUT2D eigenvalue weighted by molar-refractivity contribution is 6.30. The van der Waals surface area contributed by atoms with Crippen LogP contribution in [0.15, 0.2) is 72.8 Å². The quantitative estimate of drug-likeness (QED) is 0.546. The molecule has 3 aromatic carbocycles. The van der Waals surface area contributed by atoms with Crippen LogP contribution in [-0.4, -0.2) is 56.6 Å². The predicted octanol–water partition coefficient (Wildman–Crippen LogP) is 4.33. The highest BCUT2D eigenvalue weighted by Gasteiger charge is 2.24. The van der Waals surface area contributed by atoms with Crippen molar-refractivity contribution in [3.8, 4) is 11.5 Å². The molecule has 0 spiro atoms. The van der Waals surface area contributed by atoms with Gasteiger partial charge in [-0.25, -0.2) is 0 Å². The molecule has 1 saturated heterocycles. The van der Waals surface area contributed by atoms with Crippen molar-refractivity contribution in [2.45, 2.75) is 0 Å². The molecule has 4 rings (SSSR count). The SMILES string of the molecule is COc1cc(Cl)ccc1NC(=O)COc1ccccc1C(=O)N1CCN(c2ccccc2)CC1. The molecule has 0 unspecified atom stereocenters. The Kier molecular flexibility index (Phi) is 7.54. The van der Waals surface area contributed by atoms with Crippen LogP contribution in [0.3, 0.4) is 0 Å². The average molecular weight is 480 g/mol. The van der Waals surface area contributed by atoms with Gasteiger partial charge in [-0.3, -0.25) is 9.59 Å². The second-order valence-corrected chi connectivity index (χ2v) is 8.23. The first-order valence-corrected chi connectivity index (χ1v) is 11.4. The summed E-state index contributed by atoms with van der Waals surface area (Å²) in [4.78, 5) is 29.8.